The number of aryl methyl sites for hydroxylation is 1. The fourth-order valence-corrected chi connectivity index (χ4v) is 2.89. The van der Waals surface area contributed by atoms with E-state index in [4.69, 9.17) is 23.2 Å². The van der Waals surface area contributed by atoms with E-state index >= 15 is 0 Å². The number of halogens is 2. The molecular formula is C17H21Cl2N3O. The minimum atomic E-state index is -0.0913. The second-order valence-electron chi connectivity index (χ2n) is 5.58. The summed E-state index contributed by atoms with van der Waals surface area (Å²) in [6.45, 7) is 5.04. The number of unbranched alkanes of at least 4 members (excludes halogenated alkanes) is 1. The van der Waals surface area contributed by atoms with Gasteiger partial charge in [-0.25, -0.2) is 4.68 Å². The van der Waals surface area contributed by atoms with Crippen molar-refractivity contribution in [3.63, 3.8) is 0 Å². The van der Waals surface area contributed by atoms with Crippen molar-refractivity contribution >= 4 is 29.1 Å². The molecular weight excluding hydrogens is 333 g/mol. The van der Waals surface area contributed by atoms with Gasteiger partial charge < -0.3 is 4.90 Å². The van der Waals surface area contributed by atoms with Gasteiger partial charge in [-0.2, -0.15) is 5.10 Å². The predicted molar refractivity (Wildman–Crippen MR) is 94.4 cm³/mol. The Morgan fingerprint density at radius 2 is 2.00 bits per heavy atom. The highest BCUT2D eigenvalue weighted by atomic mass is 35.5. The molecule has 2 aromatic rings. The number of carbonyl (C=O) groups excluding carboxylic acids is 1. The van der Waals surface area contributed by atoms with Crippen LogP contribution in [0.4, 0.5) is 0 Å². The predicted octanol–water partition coefficient (Wildman–Crippen LogP) is 4.42. The Hall–Kier alpha value is -1.52. The minimum Gasteiger partial charge on any atom is -0.342 e. The average molecular weight is 354 g/mol. The minimum absolute atomic E-state index is 0.0913. The highest BCUT2D eigenvalue weighted by Gasteiger charge is 2.23. The summed E-state index contributed by atoms with van der Waals surface area (Å²) in [4.78, 5) is 14.3. The zero-order valence-corrected chi connectivity index (χ0v) is 15.2. The van der Waals surface area contributed by atoms with Crippen molar-refractivity contribution in [3.05, 3.63) is 51.3 Å². The Bertz CT molecular complexity index is 697. The van der Waals surface area contributed by atoms with Crippen molar-refractivity contribution in [2.45, 2.75) is 33.2 Å². The molecule has 0 aliphatic carbocycles. The molecule has 0 radical (unpaired) electrons. The molecule has 0 saturated carbocycles. The van der Waals surface area contributed by atoms with E-state index in [1.165, 1.54) is 0 Å². The summed E-state index contributed by atoms with van der Waals surface area (Å²) in [5.74, 6) is -0.0913. The molecule has 0 aliphatic rings. The van der Waals surface area contributed by atoms with Crippen LogP contribution in [0.2, 0.25) is 10.2 Å². The number of carbonyl (C=O) groups is 1. The van der Waals surface area contributed by atoms with Gasteiger partial charge in [0.25, 0.3) is 5.91 Å². The van der Waals surface area contributed by atoms with Crippen LogP contribution in [0.25, 0.3) is 0 Å². The first-order chi connectivity index (χ1) is 11.0. The molecule has 0 atom stereocenters. The Morgan fingerprint density at radius 1 is 1.30 bits per heavy atom. The second-order valence-corrected chi connectivity index (χ2v) is 6.35. The lowest BCUT2D eigenvalue weighted by atomic mass is 10.2. The number of hydrogen-bond donors (Lipinski definition) is 0. The van der Waals surface area contributed by atoms with Crippen LogP contribution >= 0.6 is 23.2 Å². The molecule has 0 bridgehead atoms. The van der Waals surface area contributed by atoms with Crippen molar-refractivity contribution in [2.75, 3.05) is 13.6 Å². The number of hydrogen-bond acceptors (Lipinski definition) is 2. The van der Waals surface area contributed by atoms with Crippen molar-refractivity contribution < 1.29 is 4.79 Å². The maximum atomic E-state index is 12.6. The van der Waals surface area contributed by atoms with Crippen LogP contribution in [-0.2, 0) is 6.54 Å². The third kappa shape index (κ3) is 4.06. The van der Waals surface area contributed by atoms with Crippen LogP contribution in [0.1, 0.15) is 41.4 Å². The van der Waals surface area contributed by atoms with Gasteiger partial charge in [0.1, 0.15) is 5.15 Å². The second kappa shape index (κ2) is 7.84. The van der Waals surface area contributed by atoms with E-state index in [1.54, 1.807) is 23.6 Å². The van der Waals surface area contributed by atoms with Crippen LogP contribution in [0, 0.1) is 6.92 Å². The first-order valence-electron chi connectivity index (χ1n) is 7.67. The molecule has 1 amide bonds. The monoisotopic (exact) mass is 353 g/mol. The van der Waals surface area contributed by atoms with Gasteiger partial charge in [-0.15, -0.1) is 0 Å². The number of aromatic nitrogens is 2. The zero-order valence-electron chi connectivity index (χ0n) is 13.6. The van der Waals surface area contributed by atoms with Gasteiger partial charge in [0.2, 0.25) is 0 Å². The highest BCUT2D eigenvalue weighted by Crippen LogP contribution is 2.24. The molecule has 1 aromatic carbocycles. The Balaban J connectivity index is 2.26. The average Bonchev–Trinajstić information content (AvgIpc) is 2.80. The van der Waals surface area contributed by atoms with E-state index in [0.717, 1.165) is 18.4 Å². The summed E-state index contributed by atoms with van der Waals surface area (Å²) in [5.41, 5.74) is 2.02. The van der Waals surface area contributed by atoms with E-state index in [0.29, 0.717) is 34.5 Å². The van der Waals surface area contributed by atoms with E-state index in [9.17, 15) is 4.79 Å². The Labute approximate surface area is 147 Å². The standard InChI is InChI=1S/C17H21Cl2N3O/c1-4-5-10-21(3)17(23)15-12(2)20-22(16(15)19)11-13-8-6-7-9-14(13)18/h6-9H,4-5,10-11H2,1-3H3. The summed E-state index contributed by atoms with van der Waals surface area (Å²) >= 11 is 12.6. The molecule has 0 saturated heterocycles. The largest absolute Gasteiger partial charge is 0.342 e. The topological polar surface area (TPSA) is 38.1 Å². The molecule has 0 unspecified atom stereocenters. The highest BCUT2D eigenvalue weighted by molar-refractivity contribution is 6.33. The van der Waals surface area contributed by atoms with Crippen molar-refractivity contribution in [3.8, 4) is 0 Å². The SMILES string of the molecule is CCCCN(C)C(=O)c1c(C)nn(Cc2ccccc2Cl)c1Cl. The Kier molecular flexibility index (Phi) is 6.08. The van der Waals surface area contributed by atoms with E-state index in [-0.39, 0.29) is 5.91 Å². The van der Waals surface area contributed by atoms with Crippen molar-refractivity contribution in [1.82, 2.24) is 14.7 Å². The molecule has 1 aromatic heterocycles. The van der Waals surface area contributed by atoms with Crippen LogP contribution in [0.5, 0.6) is 0 Å². The third-order valence-electron chi connectivity index (χ3n) is 3.75. The molecule has 6 heteroatoms. The lowest BCUT2D eigenvalue weighted by Crippen LogP contribution is -2.28. The van der Waals surface area contributed by atoms with Crippen molar-refractivity contribution in [1.29, 1.82) is 0 Å². The number of rotatable bonds is 6. The van der Waals surface area contributed by atoms with Gasteiger partial charge in [-0.1, -0.05) is 54.7 Å². The fourth-order valence-electron chi connectivity index (χ4n) is 2.38. The fraction of sp³-hybridized carbons (Fsp3) is 0.412. The molecule has 0 N–H and O–H groups in total. The Morgan fingerprint density at radius 3 is 2.65 bits per heavy atom. The van der Waals surface area contributed by atoms with E-state index < -0.39 is 0 Å². The molecule has 1 heterocycles. The summed E-state index contributed by atoms with van der Waals surface area (Å²) in [6, 6.07) is 7.53. The van der Waals surface area contributed by atoms with Gasteiger partial charge in [0, 0.05) is 18.6 Å². The van der Waals surface area contributed by atoms with Gasteiger partial charge >= 0.3 is 0 Å². The lowest BCUT2D eigenvalue weighted by Gasteiger charge is -2.16. The quantitative estimate of drug-likeness (QED) is 0.770. The van der Waals surface area contributed by atoms with Crippen LogP contribution < -0.4 is 0 Å². The first kappa shape index (κ1) is 17.8. The van der Waals surface area contributed by atoms with Gasteiger partial charge in [-0.05, 0) is 25.0 Å². The number of nitrogens with zero attached hydrogens (tertiary/aromatic N) is 3. The number of amides is 1. The van der Waals surface area contributed by atoms with Crippen LogP contribution in [0.3, 0.4) is 0 Å². The van der Waals surface area contributed by atoms with Gasteiger partial charge in [-0.3, -0.25) is 4.79 Å². The third-order valence-corrected chi connectivity index (χ3v) is 4.50. The molecule has 4 nitrogen and oxygen atoms in total. The van der Waals surface area contributed by atoms with E-state index in [1.807, 2.05) is 24.3 Å². The van der Waals surface area contributed by atoms with Crippen molar-refractivity contribution in [2.24, 2.45) is 0 Å². The molecule has 0 aliphatic heterocycles. The summed E-state index contributed by atoms with van der Waals surface area (Å²) in [7, 11) is 1.79. The first-order valence-corrected chi connectivity index (χ1v) is 8.43. The zero-order chi connectivity index (χ0) is 17.0. The maximum Gasteiger partial charge on any atom is 0.258 e. The molecule has 0 fully saturated rings. The lowest BCUT2D eigenvalue weighted by molar-refractivity contribution is 0.0792. The smallest absolute Gasteiger partial charge is 0.258 e. The summed E-state index contributed by atoms with van der Waals surface area (Å²) in [6.07, 6.45) is 2.00. The normalized spacial score (nSPS) is 10.8. The van der Waals surface area contributed by atoms with Crippen LogP contribution in [0.15, 0.2) is 24.3 Å². The van der Waals surface area contributed by atoms with Crippen LogP contribution in [-0.4, -0.2) is 34.2 Å². The number of benzene rings is 1. The summed E-state index contributed by atoms with van der Waals surface area (Å²) in [5, 5.41) is 5.42. The molecule has 2 rings (SSSR count). The maximum absolute atomic E-state index is 12.6. The molecule has 0 spiro atoms. The molecule has 23 heavy (non-hydrogen) atoms. The van der Waals surface area contributed by atoms with Gasteiger partial charge in [0.15, 0.2) is 0 Å². The van der Waals surface area contributed by atoms with Gasteiger partial charge in [0.05, 0.1) is 17.8 Å². The summed E-state index contributed by atoms with van der Waals surface area (Å²) < 4.78 is 1.62. The molecule has 124 valence electrons. The van der Waals surface area contributed by atoms with E-state index in [2.05, 4.69) is 12.0 Å².